The first-order valence-corrected chi connectivity index (χ1v) is 7.62. The normalized spacial score (nSPS) is 10.9. The number of carbonyl (C=O) groups excluding carboxylic acids is 1. The topological polar surface area (TPSA) is 50.4 Å². The number of hydrogen-bond acceptors (Lipinski definition) is 3. The lowest BCUT2D eigenvalue weighted by molar-refractivity contribution is -0.137. The highest BCUT2D eigenvalue weighted by Gasteiger charge is 2.30. The van der Waals surface area contributed by atoms with Gasteiger partial charge in [-0.3, -0.25) is 10.1 Å². The van der Waals surface area contributed by atoms with Crippen molar-refractivity contribution in [2.45, 2.75) is 6.18 Å². The Morgan fingerprint density at radius 1 is 1.20 bits per heavy atom. The summed E-state index contributed by atoms with van der Waals surface area (Å²) in [6.07, 6.45) is -4.47. The highest BCUT2D eigenvalue weighted by molar-refractivity contribution is 7.80. The Kier molecular flexibility index (Phi) is 5.86. The molecule has 2 aromatic carbocycles. The molecule has 2 aromatic rings. The molecule has 9 heteroatoms. The van der Waals surface area contributed by atoms with E-state index >= 15 is 0 Å². The van der Waals surface area contributed by atoms with E-state index in [1.807, 2.05) is 0 Å². The number of ether oxygens (including phenoxy) is 1. The second-order valence-electron chi connectivity index (χ2n) is 4.84. The largest absolute Gasteiger partial charge is 0.495 e. The molecular formula is C16H12ClF3N2O2S. The zero-order valence-corrected chi connectivity index (χ0v) is 14.4. The summed E-state index contributed by atoms with van der Waals surface area (Å²) in [6, 6.07) is 8.85. The summed E-state index contributed by atoms with van der Waals surface area (Å²) in [4.78, 5) is 12.1. The third-order valence-corrected chi connectivity index (χ3v) is 3.59. The number of alkyl halides is 3. The molecular weight excluding hydrogens is 377 g/mol. The molecule has 1 amide bonds. The molecule has 0 radical (unpaired) electrons. The Morgan fingerprint density at radius 2 is 1.92 bits per heavy atom. The molecule has 0 aliphatic carbocycles. The average Bonchev–Trinajstić information content (AvgIpc) is 2.54. The van der Waals surface area contributed by atoms with E-state index in [0.29, 0.717) is 5.75 Å². The number of carbonyl (C=O) groups is 1. The lowest BCUT2D eigenvalue weighted by Crippen LogP contribution is -2.34. The Balaban J connectivity index is 2.05. The van der Waals surface area contributed by atoms with Crippen LogP contribution in [0.5, 0.6) is 5.75 Å². The number of thiocarbonyl (C=S) groups is 1. The van der Waals surface area contributed by atoms with Gasteiger partial charge >= 0.3 is 6.18 Å². The lowest BCUT2D eigenvalue weighted by atomic mass is 10.2. The highest BCUT2D eigenvalue weighted by Crippen LogP contribution is 2.30. The van der Waals surface area contributed by atoms with Crippen molar-refractivity contribution in [1.29, 1.82) is 0 Å². The smallest absolute Gasteiger partial charge is 0.416 e. The van der Waals surface area contributed by atoms with Gasteiger partial charge in [-0.1, -0.05) is 17.7 Å². The highest BCUT2D eigenvalue weighted by atomic mass is 35.5. The van der Waals surface area contributed by atoms with E-state index in [-0.39, 0.29) is 21.4 Å². The molecule has 0 unspecified atom stereocenters. The van der Waals surface area contributed by atoms with Crippen molar-refractivity contribution in [3.05, 3.63) is 58.6 Å². The predicted octanol–water partition coefficient (Wildman–Crippen LogP) is 4.49. The Labute approximate surface area is 151 Å². The molecule has 25 heavy (non-hydrogen) atoms. The van der Waals surface area contributed by atoms with E-state index in [9.17, 15) is 18.0 Å². The second kappa shape index (κ2) is 7.71. The molecule has 0 saturated heterocycles. The van der Waals surface area contributed by atoms with E-state index in [2.05, 4.69) is 10.6 Å². The molecule has 2 rings (SSSR count). The Bertz CT molecular complexity index is 812. The molecule has 0 bridgehead atoms. The summed E-state index contributed by atoms with van der Waals surface area (Å²) < 4.78 is 43.0. The number of benzene rings is 2. The molecule has 2 N–H and O–H groups in total. The summed E-state index contributed by atoms with van der Waals surface area (Å²) in [7, 11) is 1.44. The zero-order valence-electron chi connectivity index (χ0n) is 12.8. The van der Waals surface area contributed by atoms with E-state index in [0.717, 1.165) is 12.1 Å². The van der Waals surface area contributed by atoms with E-state index in [1.54, 1.807) is 0 Å². The number of anilines is 1. The van der Waals surface area contributed by atoms with Gasteiger partial charge in [-0.2, -0.15) is 13.2 Å². The summed E-state index contributed by atoms with van der Waals surface area (Å²) in [6.45, 7) is 0. The number of hydrogen-bond donors (Lipinski definition) is 2. The average molecular weight is 389 g/mol. The first-order chi connectivity index (χ1) is 11.7. The van der Waals surface area contributed by atoms with Crippen molar-refractivity contribution in [3.63, 3.8) is 0 Å². The minimum Gasteiger partial charge on any atom is -0.495 e. The second-order valence-corrected chi connectivity index (χ2v) is 5.65. The van der Waals surface area contributed by atoms with Crippen LogP contribution >= 0.6 is 23.8 Å². The maximum atomic E-state index is 12.7. The van der Waals surface area contributed by atoms with Crippen LogP contribution in [0.2, 0.25) is 5.02 Å². The maximum absolute atomic E-state index is 12.7. The van der Waals surface area contributed by atoms with Gasteiger partial charge in [0.1, 0.15) is 5.75 Å². The monoisotopic (exact) mass is 388 g/mol. The third kappa shape index (κ3) is 5.07. The molecule has 0 aliphatic rings. The van der Waals surface area contributed by atoms with Gasteiger partial charge in [0, 0.05) is 11.3 Å². The van der Waals surface area contributed by atoms with Crippen LogP contribution in [0.4, 0.5) is 18.9 Å². The molecule has 0 spiro atoms. The minimum atomic E-state index is -4.47. The van der Waals surface area contributed by atoms with E-state index in [4.69, 9.17) is 28.6 Å². The van der Waals surface area contributed by atoms with Crippen molar-refractivity contribution >= 4 is 40.5 Å². The van der Waals surface area contributed by atoms with Crippen molar-refractivity contribution in [3.8, 4) is 5.75 Å². The van der Waals surface area contributed by atoms with Gasteiger partial charge in [0.05, 0.1) is 17.7 Å². The molecule has 0 fully saturated rings. The maximum Gasteiger partial charge on any atom is 0.416 e. The van der Waals surface area contributed by atoms with Crippen LogP contribution in [0.25, 0.3) is 0 Å². The van der Waals surface area contributed by atoms with Gasteiger partial charge in [0.15, 0.2) is 5.11 Å². The minimum absolute atomic E-state index is 0.105. The fraction of sp³-hybridized carbons (Fsp3) is 0.125. The molecule has 0 saturated carbocycles. The Morgan fingerprint density at radius 3 is 2.52 bits per heavy atom. The zero-order chi connectivity index (χ0) is 18.6. The van der Waals surface area contributed by atoms with Gasteiger partial charge in [-0.25, -0.2) is 0 Å². The summed E-state index contributed by atoms with van der Waals surface area (Å²) in [5.74, 6) is -0.156. The number of nitrogens with one attached hydrogen (secondary N) is 2. The van der Waals surface area contributed by atoms with Crippen molar-refractivity contribution in [2.75, 3.05) is 12.4 Å². The number of amides is 1. The van der Waals surface area contributed by atoms with Gasteiger partial charge < -0.3 is 10.1 Å². The molecule has 132 valence electrons. The van der Waals surface area contributed by atoms with E-state index in [1.165, 1.54) is 37.4 Å². The molecule has 0 atom stereocenters. The molecule has 0 aliphatic heterocycles. The van der Waals surface area contributed by atoms with Crippen molar-refractivity contribution in [1.82, 2.24) is 5.32 Å². The summed E-state index contributed by atoms with van der Waals surface area (Å²) in [5, 5.41) is 5.00. The number of rotatable bonds is 3. The standard InChI is InChI=1S/C16H12ClF3N2O2S/c1-24-13-6-5-9(7-12(13)17)14(23)22-15(25)21-11-4-2-3-10(8-11)16(18,19)20/h2-8H,1H3,(H2,21,22,23,25). The molecule has 0 aromatic heterocycles. The van der Waals surface area contributed by atoms with Crippen molar-refractivity contribution in [2.24, 2.45) is 0 Å². The third-order valence-electron chi connectivity index (χ3n) is 3.09. The van der Waals surface area contributed by atoms with Crippen LogP contribution in [-0.2, 0) is 6.18 Å². The van der Waals surface area contributed by atoms with Gasteiger partial charge in [-0.15, -0.1) is 0 Å². The van der Waals surface area contributed by atoms with Gasteiger partial charge in [-0.05, 0) is 48.6 Å². The number of halogens is 4. The summed E-state index contributed by atoms with van der Waals surface area (Å²) >= 11 is 10.9. The quantitative estimate of drug-likeness (QED) is 0.760. The molecule has 4 nitrogen and oxygen atoms in total. The van der Waals surface area contributed by atoms with Crippen LogP contribution in [-0.4, -0.2) is 18.1 Å². The van der Waals surface area contributed by atoms with Crippen LogP contribution in [0.15, 0.2) is 42.5 Å². The Hall–Kier alpha value is -2.32. The lowest BCUT2D eigenvalue weighted by Gasteiger charge is -2.12. The fourth-order valence-electron chi connectivity index (χ4n) is 1.92. The first-order valence-electron chi connectivity index (χ1n) is 6.84. The predicted molar refractivity (Wildman–Crippen MR) is 93.1 cm³/mol. The molecule has 0 heterocycles. The van der Waals surface area contributed by atoms with Crippen LogP contribution in [0.3, 0.4) is 0 Å². The van der Waals surface area contributed by atoms with Crippen LogP contribution < -0.4 is 15.4 Å². The fourth-order valence-corrected chi connectivity index (χ4v) is 2.39. The number of methoxy groups -OCH3 is 1. The van der Waals surface area contributed by atoms with Crippen LogP contribution in [0.1, 0.15) is 15.9 Å². The first kappa shape index (κ1) is 19.0. The van der Waals surface area contributed by atoms with E-state index < -0.39 is 17.6 Å². The SMILES string of the molecule is COc1ccc(C(=O)NC(=S)Nc2cccc(C(F)(F)F)c2)cc1Cl. The van der Waals surface area contributed by atoms with Crippen LogP contribution in [0, 0.1) is 0 Å². The van der Waals surface area contributed by atoms with Crippen molar-refractivity contribution < 1.29 is 22.7 Å². The summed E-state index contributed by atoms with van der Waals surface area (Å²) in [5.41, 5.74) is -0.500. The van der Waals surface area contributed by atoms with Gasteiger partial charge in [0.25, 0.3) is 5.91 Å². The van der Waals surface area contributed by atoms with Gasteiger partial charge in [0.2, 0.25) is 0 Å².